The van der Waals surface area contributed by atoms with E-state index in [1.807, 2.05) is 25.2 Å². The summed E-state index contributed by atoms with van der Waals surface area (Å²) in [5.74, 6) is -0.840. The zero-order chi connectivity index (χ0) is 17.6. The molecule has 23 heavy (non-hydrogen) atoms. The molecule has 0 aromatic heterocycles. The molecule has 4 nitrogen and oxygen atoms in total. The number of halogens is 3. The smallest absolute Gasteiger partial charge is 0.471 e. The molecule has 1 aromatic carbocycles. The average Bonchev–Trinajstić information content (AvgIpc) is 2.46. The van der Waals surface area contributed by atoms with Crippen molar-refractivity contribution in [3.63, 3.8) is 0 Å². The quantitative estimate of drug-likeness (QED) is 0.870. The number of nitrogens with one attached hydrogen (secondary N) is 1. The van der Waals surface area contributed by atoms with Crippen molar-refractivity contribution >= 4 is 12.0 Å². The number of carbonyl (C=O) groups excluding carboxylic acids is 1. The summed E-state index contributed by atoms with van der Waals surface area (Å²) in [6.45, 7) is 3.72. The van der Waals surface area contributed by atoms with Crippen molar-refractivity contribution in [1.82, 2.24) is 5.32 Å². The van der Waals surface area contributed by atoms with Gasteiger partial charge in [0.15, 0.2) is 0 Å². The summed E-state index contributed by atoms with van der Waals surface area (Å²) in [7, 11) is 2.99. The van der Waals surface area contributed by atoms with Gasteiger partial charge in [0.2, 0.25) is 0 Å². The van der Waals surface area contributed by atoms with E-state index < -0.39 is 12.1 Å². The molecule has 1 rings (SSSR count). The van der Waals surface area contributed by atoms with Crippen LogP contribution in [0.15, 0.2) is 17.7 Å². The highest BCUT2D eigenvalue weighted by atomic mass is 19.4. The number of methoxy groups -OCH3 is 2. The Morgan fingerprint density at radius 3 is 2.26 bits per heavy atom. The Kier molecular flexibility index (Phi) is 6.48. The predicted molar refractivity (Wildman–Crippen MR) is 81.6 cm³/mol. The number of benzene rings is 1. The molecule has 0 atom stereocenters. The summed E-state index contributed by atoms with van der Waals surface area (Å²) in [6.07, 6.45) is -2.78. The maximum absolute atomic E-state index is 12.2. The van der Waals surface area contributed by atoms with Gasteiger partial charge in [0.1, 0.15) is 11.5 Å². The molecular formula is C16H20F3NO3. The van der Waals surface area contributed by atoms with Crippen molar-refractivity contribution in [3.8, 4) is 11.5 Å². The van der Waals surface area contributed by atoms with Crippen LogP contribution in [0, 0.1) is 0 Å². The minimum Gasteiger partial charge on any atom is -0.496 e. The van der Waals surface area contributed by atoms with Gasteiger partial charge in [-0.15, -0.1) is 0 Å². The molecule has 1 aromatic rings. The molecule has 0 aliphatic heterocycles. The zero-order valence-corrected chi connectivity index (χ0v) is 13.5. The van der Waals surface area contributed by atoms with Gasteiger partial charge in [-0.3, -0.25) is 4.79 Å². The van der Waals surface area contributed by atoms with Crippen LogP contribution in [0.1, 0.15) is 25.0 Å². The first-order valence-electron chi connectivity index (χ1n) is 6.93. The summed E-state index contributed by atoms with van der Waals surface area (Å²) in [4.78, 5) is 10.8. The van der Waals surface area contributed by atoms with E-state index in [-0.39, 0.29) is 13.0 Å². The van der Waals surface area contributed by atoms with Crippen LogP contribution in [0.3, 0.4) is 0 Å². The molecule has 0 unspecified atom stereocenters. The highest BCUT2D eigenvalue weighted by molar-refractivity contribution is 5.81. The van der Waals surface area contributed by atoms with Crippen LogP contribution in [-0.2, 0) is 11.2 Å². The van der Waals surface area contributed by atoms with Crippen LogP contribution in [0.25, 0.3) is 6.08 Å². The molecular weight excluding hydrogens is 311 g/mol. The molecule has 7 heteroatoms. The van der Waals surface area contributed by atoms with Gasteiger partial charge in [-0.05, 0) is 38.0 Å². The molecule has 0 saturated heterocycles. The molecule has 0 radical (unpaired) electrons. The Bertz CT molecular complexity index is 591. The third-order valence-electron chi connectivity index (χ3n) is 3.01. The van der Waals surface area contributed by atoms with Gasteiger partial charge < -0.3 is 14.8 Å². The van der Waals surface area contributed by atoms with E-state index in [4.69, 9.17) is 9.47 Å². The van der Waals surface area contributed by atoms with Gasteiger partial charge in [0, 0.05) is 12.1 Å². The monoisotopic (exact) mass is 331 g/mol. The lowest BCUT2D eigenvalue weighted by Crippen LogP contribution is -2.37. The van der Waals surface area contributed by atoms with Crippen LogP contribution in [-0.4, -0.2) is 32.8 Å². The normalized spacial score (nSPS) is 10.9. The Morgan fingerprint density at radius 1 is 1.17 bits per heavy atom. The number of alkyl halides is 3. The van der Waals surface area contributed by atoms with E-state index in [0.717, 1.165) is 11.1 Å². The molecule has 0 heterocycles. The fraction of sp³-hybridized carbons (Fsp3) is 0.438. The van der Waals surface area contributed by atoms with Crippen LogP contribution in [0.4, 0.5) is 13.2 Å². The van der Waals surface area contributed by atoms with E-state index in [9.17, 15) is 18.0 Å². The molecule has 0 aliphatic carbocycles. The van der Waals surface area contributed by atoms with E-state index in [1.54, 1.807) is 12.1 Å². The third-order valence-corrected chi connectivity index (χ3v) is 3.01. The van der Waals surface area contributed by atoms with Gasteiger partial charge >= 0.3 is 12.1 Å². The number of carbonyl (C=O) groups is 1. The summed E-state index contributed by atoms with van der Waals surface area (Å²) >= 11 is 0. The van der Waals surface area contributed by atoms with Gasteiger partial charge in [0.25, 0.3) is 0 Å². The first-order chi connectivity index (χ1) is 10.7. The van der Waals surface area contributed by atoms with Gasteiger partial charge in [0.05, 0.1) is 14.2 Å². The summed E-state index contributed by atoms with van der Waals surface area (Å²) in [5.41, 5.74) is 2.53. The maximum Gasteiger partial charge on any atom is 0.471 e. The molecule has 1 N–H and O–H groups in total. The fourth-order valence-electron chi connectivity index (χ4n) is 2.01. The highest BCUT2D eigenvalue weighted by Gasteiger charge is 2.38. The van der Waals surface area contributed by atoms with Gasteiger partial charge in [-0.2, -0.15) is 13.2 Å². The maximum atomic E-state index is 12.2. The van der Waals surface area contributed by atoms with Gasteiger partial charge in [-0.1, -0.05) is 11.6 Å². The second-order valence-corrected chi connectivity index (χ2v) is 5.13. The number of hydrogen-bond acceptors (Lipinski definition) is 3. The number of ether oxygens (including phenoxy) is 2. The lowest BCUT2D eigenvalue weighted by molar-refractivity contribution is -0.173. The molecule has 1 amide bonds. The topological polar surface area (TPSA) is 47.6 Å². The van der Waals surface area contributed by atoms with Crippen LogP contribution in [0.5, 0.6) is 11.5 Å². The lowest BCUT2D eigenvalue weighted by atomic mass is 10.0. The molecule has 0 aliphatic rings. The Balaban J connectivity index is 2.94. The molecule has 0 saturated carbocycles. The first kappa shape index (κ1) is 18.9. The number of amides is 1. The highest BCUT2D eigenvalue weighted by Crippen LogP contribution is 2.30. The van der Waals surface area contributed by atoms with Crippen LogP contribution >= 0.6 is 0 Å². The molecule has 0 fully saturated rings. The number of hydrogen-bond donors (Lipinski definition) is 1. The van der Waals surface area contributed by atoms with Crippen molar-refractivity contribution < 1.29 is 27.4 Å². The van der Waals surface area contributed by atoms with Crippen LogP contribution < -0.4 is 14.8 Å². The van der Waals surface area contributed by atoms with Crippen LogP contribution in [0.2, 0.25) is 0 Å². The first-order valence-corrected chi connectivity index (χ1v) is 6.93. The fourth-order valence-corrected chi connectivity index (χ4v) is 2.01. The van der Waals surface area contributed by atoms with Crippen molar-refractivity contribution in [2.24, 2.45) is 0 Å². The molecule has 0 bridgehead atoms. The minimum atomic E-state index is -4.88. The van der Waals surface area contributed by atoms with Crippen molar-refractivity contribution in [3.05, 3.63) is 28.8 Å². The zero-order valence-electron chi connectivity index (χ0n) is 13.5. The Labute approximate surface area is 133 Å². The van der Waals surface area contributed by atoms with Crippen molar-refractivity contribution in [1.29, 1.82) is 0 Å². The van der Waals surface area contributed by atoms with E-state index in [0.29, 0.717) is 17.1 Å². The number of allylic oxidation sites excluding steroid dienone is 1. The SMILES string of the molecule is COc1cc(CCNC(=O)C(F)(F)F)c(OC)cc1C=C(C)C. The lowest BCUT2D eigenvalue weighted by Gasteiger charge is -2.14. The molecule has 0 spiro atoms. The van der Waals surface area contributed by atoms with E-state index in [1.165, 1.54) is 14.2 Å². The minimum absolute atomic E-state index is 0.153. The van der Waals surface area contributed by atoms with E-state index >= 15 is 0 Å². The van der Waals surface area contributed by atoms with E-state index in [2.05, 4.69) is 0 Å². The second-order valence-electron chi connectivity index (χ2n) is 5.13. The Hall–Kier alpha value is -2.18. The predicted octanol–water partition coefficient (Wildman–Crippen LogP) is 3.35. The van der Waals surface area contributed by atoms with Crippen molar-refractivity contribution in [2.45, 2.75) is 26.4 Å². The standard InChI is InChI=1S/C16H20F3NO3/c1-10(2)7-12-9-13(22-3)11(8-14(12)23-4)5-6-20-15(21)16(17,18)19/h7-9H,5-6H2,1-4H3,(H,20,21). The third kappa shape index (κ3) is 5.50. The Morgan fingerprint density at radius 2 is 1.78 bits per heavy atom. The summed E-state index contributed by atoms with van der Waals surface area (Å²) in [6, 6.07) is 3.46. The van der Waals surface area contributed by atoms with Gasteiger partial charge in [-0.25, -0.2) is 0 Å². The summed E-state index contributed by atoms with van der Waals surface area (Å²) in [5, 5.41) is 1.83. The van der Waals surface area contributed by atoms with Crippen molar-refractivity contribution in [2.75, 3.05) is 20.8 Å². The average molecular weight is 331 g/mol. The number of rotatable bonds is 6. The second kappa shape index (κ2) is 7.89. The summed E-state index contributed by atoms with van der Waals surface area (Å²) < 4.78 is 47.0. The molecule has 128 valence electrons. The largest absolute Gasteiger partial charge is 0.496 e.